The number of amides is 3. The van der Waals surface area contributed by atoms with E-state index >= 15 is 0 Å². The maximum Gasteiger partial charge on any atom is 0.371 e. The van der Waals surface area contributed by atoms with Gasteiger partial charge in [-0.15, -0.1) is 0 Å². The van der Waals surface area contributed by atoms with E-state index in [1.54, 1.807) is 14.0 Å². The maximum absolute atomic E-state index is 11.8. The zero-order valence-electron chi connectivity index (χ0n) is 12.2. The van der Waals surface area contributed by atoms with Crippen molar-refractivity contribution < 1.29 is 23.9 Å². The number of nitrogens with zero attached hydrogens (tertiary/aromatic N) is 1. The van der Waals surface area contributed by atoms with Crippen molar-refractivity contribution >= 4 is 17.9 Å². The molecule has 0 aliphatic rings. The van der Waals surface area contributed by atoms with Gasteiger partial charge in [0.2, 0.25) is 11.7 Å². The van der Waals surface area contributed by atoms with Gasteiger partial charge in [0.05, 0.1) is 6.54 Å². The second-order valence-electron chi connectivity index (χ2n) is 4.47. The standard InChI is InChI=1S/C13H19N3O5/c1-4-16(3)11(17)8(2)15-13(20)14-7-9-5-6-10(21-9)12(18)19/h5-6,8H,4,7H2,1-3H3,(H,18,19)(H2,14,15,20). The predicted octanol–water partition coefficient (Wildman–Crippen LogP) is 0.644. The Balaban J connectivity index is 2.43. The maximum atomic E-state index is 11.8. The first-order chi connectivity index (χ1) is 9.85. The number of likely N-dealkylation sites (N-methyl/N-ethyl adjacent to an activating group) is 1. The molecular weight excluding hydrogens is 278 g/mol. The number of hydrogen-bond donors (Lipinski definition) is 3. The molecule has 8 heteroatoms. The summed E-state index contributed by atoms with van der Waals surface area (Å²) in [4.78, 5) is 35.5. The number of urea groups is 1. The molecular formula is C13H19N3O5. The lowest BCUT2D eigenvalue weighted by Crippen LogP contribution is -2.48. The van der Waals surface area contributed by atoms with Gasteiger partial charge in [-0.05, 0) is 26.0 Å². The molecule has 0 fully saturated rings. The van der Waals surface area contributed by atoms with Crippen molar-refractivity contribution in [1.82, 2.24) is 15.5 Å². The second kappa shape index (κ2) is 7.32. The SMILES string of the molecule is CCN(C)C(=O)C(C)NC(=O)NCc1ccc(C(=O)O)o1. The third-order valence-corrected chi connectivity index (χ3v) is 2.86. The van der Waals surface area contributed by atoms with Crippen molar-refractivity contribution in [2.24, 2.45) is 0 Å². The Kier molecular flexibility index (Phi) is 5.77. The molecule has 0 aliphatic carbocycles. The van der Waals surface area contributed by atoms with E-state index in [4.69, 9.17) is 9.52 Å². The Hall–Kier alpha value is -2.51. The van der Waals surface area contributed by atoms with Crippen molar-refractivity contribution in [3.63, 3.8) is 0 Å². The highest BCUT2D eigenvalue weighted by Gasteiger charge is 2.18. The van der Waals surface area contributed by atoms with Crippen molar-refractivity contribution in [3.8, 4) is 0 Å². The van der Waals surface area contributed by atoms with Crippen LogP contribution in [0.1, 0.15) is 30.2 Å². The Bertz CT molecular complexity index is 526. The number of nitrogens with one attached hydrogen (secondary N) is 2. The summed E-state index contributed by atoms with van der Waals surface area (Å²) in [6, 6.07) is 1.58. The summed E-state index contributed by atoms with van der Waals surface area (Å²) in [6.45, 7) is 4.01. The van der Waals surface area contributed by atoms with Gasteiger partial charge in [0.1, 0.15) is 11.8 Å². The largest absolute Gasteiger partial charge is 0.475 e. The van der Waals surface area contributed by atoms with Crippen LogP contribution in [0.15, 0.2) is 16.5 Å². The average Bonchev–Trinajstić information content (AvgIpc) is 2.92. The molecule has 0 aromatic carbocycles. The minimum Gasteiger partial charge on any atom is -0.475 e. The van der Waals surface area contributed by atoms with E-state index in [1.807, 2.05) is 6.92 Å². The lowest BCUT2D eigenvalue weighted by molar-refractivity contribution is -0.131. The Morgan fingerprint density at radius 3 is 2.57 bits per heavy atom. The van der Waals surface area contributed by atoms with Gasteiger partial charge in [0, 0.05) is 13.6 Å². The van der Waals surface area contributed by atoms with Crippen LogP contribution in [0.3, 0.4) is 0 Å². The highest BCUT2D eigenvalue weighted by Crippen LogP contribution is 2.07. The van der Waals surface area contributed by atoms with Gasteiger partial charge in [-0.1, -0.05) is 0 Å². The van der Waals surface area contributed by atoms with Gasteiger partial charge in [-0.3, -0.25) is 4.79 Å². The fourth-order valence-electron chi connectivity index (χ4n) is 1.55. The highest BCUT2D eigenvalue weighted by molar-refractivity contribution is 5.86. The molecule has 21 heavy (non-hydrogen) atoms. The van der Waals surface area contributed by atoms with E-state index < -0.39 is 18.0 Å². The Morgan fingerprint density at radius 1 is 1.38 bits per heavy atom. The molecule has 1 aromatic heterocycles. The van der Waals surface area contributed by atoms with Crippen LogP contribution in [0.25, 0.3) is 0 Å². The predicted molar refractivity (Wildman–Crippen MR) is 73.8 cm³/mol. The second-order valence-corrected chi connectivity index (χ2v) is 4.47. The van der Waals surface area contributed by atoms with Gasteiger partial charge in [0.15, 0.2) is 0 Å². The van der Waals surface area contributed by atoms with E-state index in [0.717, 1.165) is 0 Å². The highest BCUT2D eigenvalue weighted by atomic mass is 16.4. The van der Waals surface area contributed by atoms with Crippen LogP contribution in [-0.4, -0.2) is 47.5 Å². The van der Waals surface area contributed by atoms with Crippen molar-refractivity contribution in [2.75, 3.05) is 13.6 Å². The molecule has 1 heterocycles. The molecule has 3 amide bonds. The Morgan fingerprint density at radius 2 is 2.05 bits per heavy atom. The molecule has 0 saturated carbocycles. The smallest absolute Gasteiger partial charge is 0.371 e. The molecule has 1 aromatic rings. The molecule has 0 aliphatic heterocycles. The normalized spacial score (nSPS) is 11.6. The molecule has 8 nitrogen and oxygen atoms in total. The third-order valence-electron chi connectivity index (χ3n) is 2.86. The number of furan rings is 1. The van der Waals surface area contributed by atoms with E-state index in [9.17, 15) is 14.4 Å². The van der Waals surface area contributed by atoms with E-state index in [-0.39, 0.29) is 18.2 Å². The van der Waals surface area contributed by atoms with Gasteiger partial charge in [-0.2, -0.15) is 0 Å². The van der Waals surface area contributed by atoms with Gasteiger partial charge < -0.3 is 25.1 Å². The average molecular weight is 297 g/mol. The van der Waals surface area contributed by atoms with Gasteiger partial charge in [-0.25, -0.2) is 9.59 Å². The zero-order valence-corrected chi connectivity index (χ0v) is 12.2. The van der Waals surface area contributed by atoms with E-state index in [0.29, 0.717) is 12.3 Å². The lowest BCUT2D eigenvalue weighted by Gasteiger charge is -2.20. The minimum absolute atomic E-state index is 0.0314. The van der Waals surface area contributed by atoms with Crippen LogP contribution >= 0.6 is 0 Å². The Labute approximate surface area is 122 Å². The van der Waals surface area contributed by atoms with Crippen LogP contribution in [0.4, 0.5) is 4.79 Å². The molecule has 0 radical (unpaired) electrons. The van der Waals surface area contributed by atoms with Gasteiger partial charge in [0.25, 0.3) is 0 Å². The summed E-state index contributed by atoms with van der Waals surface area (Å²) in [6.07, 6.45) is 0. The fraction of sp³-hybridized carbons (Fsp3) is 0.462. The molecule has 116 valence electrons. The summed E-state index contributed by atoms with van der Waals surface area (Å²) >= 11 is 0. The topological polar surface area (TPSA) is 112 Å². The zero-order chi connectivity index (χ0) is 16.0. The molecule has 1 unspecified atom stereocenters. The van der Waals surface area contributed by atoms with Crippen LogP contribution in [0, 0.1) is 0 Å². The quantitative estimate of drug-likeness (QED) is 0.713. The molecule has 0 bridgehead atoms. The number of hydrogen-bond acceptors (Lipinski definition) is 4. The summed E-state index contributed by atoms with van der Waals surface area (Å²) in [5.41, 5.74) is 0. The van der Waals surface area contributed by atoms with Gasteiger partial charge >= 0.3 is 12.0 Å². The summed E-state index contributed by atoms with van der Waals surface area (Å²) in [5.74, 6) is -1.25. The summed E-state index contributed by atoms with van der Waals surface area (Å²) in [7, 11) is 1.65. The lowest BCUT2D eigenvalue weighted by atomic mass is 10.3. The van der Waals surface area contributed by atoms with Crippen molar-refractivity contribution in [3.05, 3.63) is 23.7 Å². The van der Waals surface area contributed by atoms with Crippen LogP contribution in [0.5, 0.6) is 0 Å². The minimum atomic E-state index is -1.17. The summed E-state index contributed by atoms with van der Waals surface area (Å²) in [5, 5.41) is 13.7. The van der Waals surface area contributed by atoms with Crippen LogP contribution in [0.2, 0.25) is 0 Å². The first kappa shape index (κ1) is 16.5. The monoisotopic (exact) mass is 297 g/mol. The van der Waals surface area contributed by atoms with Crippen LogP contribution in [-0.2, 0) is 11.3 Å². The first-order valence-electron chi connectivity index (χ1n) is 6.46. The molecule has 1 rings (SSSR count). The van der Waals surface area contributed by atoms with Crippen molar-refractivity contribution in [2.45, 2.75) is 26.4 Å². The molecule has 1 atom stereocenters. The van der Waals surface area contributed by atoms with E-state index in [2.05, 4.69) is 10.6 Å². The van der Waals surface area contributed by atoms with Crippen molar-refractivity contribution in [1.29, 1.82) is 0 Å². The summed E-state index contributed by atoms with van der Waals surface area (Å²) < 4.78 is 4.99. The fourth-order valence-corrected chi connectivity index (χ4v) is 1.55. The number of carbonyl (C=O) groups excluding carboxylic acids is 2. The number of carboxylic acids is 1. The molecule has 0 spiro atoms. The number of rotatable bonds is 6. The molecule has 3 N–H and O–H groups in total. The number of aromatic carboxylic acids is 1. The third kappa shape index (κ3) is 4.83. The number of carbonyl (C=O) groups is 3. The first-order valence-corrected chi connectivity index (χ1v) is 6.46. The number of carboxylic acid groups (broad SMARTS) is 1. The van der Waals surface area contributed by atoms with E-state index in [1.165, 1.54) is 17.0 Å². The van der Waals surface area contributed by atoms with Crippen LogP contribution < -0.4 is 10.6 Å². The molecule has 0 saturated heterocycles.